The average molecular weight is 442 g/mol. The molecular weight excluding hydrogens is 415 g/mol. The maximum absolute atomic E-state index is 14.4. The molecule has 1 N–H and O–H groups in total. The van der Waals surface area contributed by atoms with E-state index in [1.807, 2.05) is 6.92 Å². The van der Waals surface area contributed by atoms with Gasteiger partial charge in [0.15, 0.2) is 6.61 Å². The second-order valence-corrected chi connectivity index (χ2v) is 8.60. The molecule has 2 fully saturated rings. The third-order valence-electron chi connectivity index (χ3n) is 6.47. The third kappa shape index (κ3) is 4.01. The minimum absolute atomic E-state index is 0.0843. The van der Waals surface area contributed by atoms with Crippen LogP contribution in [0.5, 0.6) is 0 Å². The number of hydrogen-bond donors (Lipinski definition) is 1. The monoisotopic (exact) mass is 442 g/mol. The van der Waals surface area contributed by atoms with Crippen LogP contribution in [0.3, 0.4) is 0 Å². The van der Waals surface area contributed by atoms with Crippen LogP contribution in [0.15, 0.2) is 42.5 Å². The minimum atomic E-state index is -1.23. The first-order valence-corrected chi connectivity index (χ1v) is 10.9. The van der Waals surface area contributed by atoms with Crippen LogP contribution in [0.2, 0.25) is 0 Å². The Morgan fingerprint density at radius 1 is 1.28 bits per heavy atom. The number of amides is 2. The van der Waals surface area contributed by atoms with Crippen molar-refractivity contribution in [3.63, 3.8) is 0 Å². The fraction of sp³-hybridized carbons (Fsp3) is 0.458. The molecule has 1 aromatic rings. The van der Waals surface area contributed by atoms with Gasteiger partial charge in [0.1, 0.15) is 5.82 Å². The number of fused-ring (bicyclic) bond motifs is 2. The van der Waals surface area contributed by atoms with Gasteiger partial charge < -0.3 is 14.7 Å². The molecule has 2 saturated carbocycles. The molecule has 1 aromatic carbocycles. The van der Waals surface area contributed by atoms with E-state index in [0.717, 1.165) is 32.1 Å². The van der Waals surface area contributed by atoms with Gasteiger partial charge in [0.25, 0.3) is 5.91 Å². The maximum Gasteiger partial charge on any atom is 0.411 e. The number of rotatable bonds is 6. The molecule has 1 heterocycles. The van der Waals surface area contributed by atoms with Gasteiger partial charge in [-0.1, -0.05) is 25.2 Å². The quantitative estimate of drug-likeness (QED) is 0.527. The van der Waals surface area contributed by atoms with Gasteiger partial charge in [-0.15, -0.1) is 0 Å². The lowest BCUT2D eigenvalue weighted by Crippen LogP contribution is -2.53. The molecule has 4 rings (SSSR count). The highest BCUT2D eigenvalue weighted by Crippen LogP contribution is 2.53. The number of aliphatic carboxylic acids is 1. The summed E-state index contributed by atoms with van der Waals surface area (Å²) in [5, 5.41) is 8.94. The van der Waals surface area contributed by atoms with E-state index < -0.39 is 30.5 Å². The molecule has 32 heavy (non-hydrogen) atoms. The number of carbonyl (C=O) groups is 3. The van der Waals surface area contributed by atoms with Crippen molar-refractivity contribution in [2.75, 3.05) is 11.5 Å². The first-order valence-electron chi connectivity index (χ1n) is 10.9. The number of ether oxygens (including phenoxy) is 1. The van der Waals surface area contributed by atoms with E-state index in [1.54, 1.807) is 28.0 Å². The zero-order valence-electron chi connectivity index (χ0n) is 18.0. The molecule has 7 nitrogen and oxygen atoms in total. The second kappa shape index (κ2) is 8.76. The fourth-order valence-electron chi connectivity index (χ4n) is 5.13. The summed E-state index contributed by atoms with van der Waals surface area (Å²) in [5.74, 6) is -2.04. The molecule has 0 radical (unpaired) electrons. The summed E-state index contributed by atoms with van der Waals surface area (Å²) in [6.07, 6.45) is 6.64. The van der Waals surface area contributed by atoms with Crippen LogP contribution in [0, 0.1) is 11.7 Å². The summed E-state index contributed by atoms with van der Waals surface area (Å²) >= 11 is 0. The van der Waals surface area contributed by atoms with E-state index in [4.69, 9.17) is 9.84 Å². The van der Waals surface area contributed by atoms with E-state index in [2.05, 4.69) is 6.58 Å². The van der Waals surface area contributed by atoms with Gasteiger partial charge in [0.05, 0.1) is 6.04 Å². The zero-order valence-corrected chi connectivity index (χ0v) is 18.0. The summed E-state index contributed by atoms with van der Waals surface area (Å²) in [6, 6.07) is 3.54. The van der Waals surface area contributed by atoms with Crippen LogP contribution in [0.25, 0.3) is 0 Å². The Labute approximate surface area is 186 Å². The number of carbonyl (C=O) groups excluding carboxylic acids is 2. The Hall–Kier alpha value is -3.16. The average Bonchev–Trinajstić information content (AvgIpc) is 3.47. The number of nitrogens with zero attached hydrogens (tertiary/aromatic N) is 2. The van der Waals surface area contributed by atoms with E-state index in [9.17, 15) is 18.8 Å². The molecule has 170 valence electrons. The molecule has 3 atom stereocenters. The van der Waals surface area contributed by atoms with Gasteiger partial charge in [0.2, 0.25) is 0 Å². The number of carboxylic acids is 1. The van der Waals surface area contributed by atoms with Crippen molar-refractivity contribution in [3.8, 4) is 0 Å². The predicted molar refractivity (Wildman–Crippen MR) is 116 cm³/mol. The van der Waals surface area contributed by atoms with Crippen LogP contribution in [0.1, 0.15) is 50.6 Å². The summed E-state index contributed by atoms with van der Waals surface area (Å²) in [7, 11) is 0. The molecule has 0 spiro atoms. The number of allylic oxidation sites excluding steroid dienone is 1. The summed E-state index contributed by atoms with van der Waals surface area (Å²) < 4.78 is 19.5. The van der Waals surface area contributed by atoms with Crippen LogP contribution in [0.4, 0.5) is 14.9 Å². The predicted octanol–water partition coefficient (Wildman–Crippen LogP) is 4.20. The van der Waals surface area contributed by atoms with Crippen molar-refractivity contribution in [1.29, 1.82) is 0 Å². The van der Waals surface area contributed by atoms with E-state index in [-0.39, 0.29) is 23.9 Å². The lowest BCUT2D eigenvalue weighted by molar-refractivity contribution is -0.140. The molecule has 8 heteroatoms. The topological polar surface area (TPSA) is 87.2 Å². The van der Waals surface area contributed by atoms with Crippen molar-refractivity contribution in [1.82, 2.24) is 4.90 Å². The van der Waals surface area contributed by atoms with E-state index >= 15 is 0 Å². The van der Waals surface area contributed by atoms with Crippen molar-refractivity contribution in [2.45, 2.75) is 57.2 Å². The van der Waals surface area contributed by atoms with Crippen molar-refractivity contribution in [2.24, 2.45) is 5.92 Å². The Kier molecular flexibility index (Phi) is 6.04. The number of hydrogen-bond acceptors (Lipinski definition) is 4. The standard InChI is InChI=1S/C24H27FN2O5/c1-3-5-14(2)23(30)27-19-7-4-6-17(19)22(18-12-15(25)8-11-20(18)27)26(16-9-10-16)24(31)32-13-21(28)29/h3,5,8,11-12,16-17,19,22H,2,4,6-7,9-10,13H2,1H3,(H,28,29)/b5-3-/t17-,19+,22-/m1/s1. The fourth-order valence-corrected chi connectivity index (χ4v) is 5.13. The maximum atomic E-state index is 14.4. The summed E-state index contributed by atoms with van der Waals surface area (Å²) in [6.45, 7) is 4.97. The highest BCUT2D eigenvalue weighted by atomic mass is 19.1. The number of halogens is 1. The van der Waals surface area contributed by atoms with Gasteiger partial charge in [-0.3, -0.25) is 9.69 Å². The summed E-state index contributed by atoms with van der Waals surface area (Å²) in [5.41, 5.74) is 1.45. The molecule has 0 saturated heterocycles. The van der Waals surface area contributed by atoms with Crippen LogP contribution < -0.4 is 4.90 Å². The smallest absolute Gasteiger partial charge is 0.411 e. The first-order chi connectivity index (χ1) is 15.3. The van der Waals surface area contributed by atoms with Gasteiger partial charge in [-0.2, -0.15) is 0 Å². The number of carboxylic acid groups (broad SMARTS) is 1. The van der Waals surface area contributed by atoms with Gasteiger partial charge in [-0.05, 0) is 50.8 Å². The zero-order chi connectivity index (χ0) is 23.0. The molecule has 0 bridgehead atoms. The minimum Gasteiger partial charge on any atom is -0.479 e. The SMILES string of the molecule is C=C(/C=C\C)C(=O)N1c2ccc(F)cc2[C@H](N(C(=O)OCC(=O)O)C2CC2)[C@@H]2CCC[C@@H]21. The Morgan fingerprint density at radius 3 is 2.69 bits per heavy atom. The molecule has 0 aromatic heterocycles. The Balaban J connectivity index is 1.79. The van der Waals surface area contributed by atoms with Crippen molar-refractivity contribution >= 4 is 23.7 Å². The van der Waals surface area contributed by atoms with E-state index in [1.165, 1.54) is 12.1 Å². The van der Waals surface area contributed by atoms with Crippen molar-refractivity contribution < 1.29 is 28.6 Å². The molecule has 2 amide bonds. The second-order valence-electron chi connectivity index (χ2n) is 8.60. The molecule has 3 aliphatic rings. The van der Waals surface area contributed by atoms with Gasteiger partial charge in [-0.25, -0.2) is 14.0 Å². The molecular formula is C24H27FN2O5. The third-order valence-corrected chi connectivity index (χ3v) is 6.47. The molecule has 2 aliphatic carbocycles. The van der Waals surface area contributed by atoms with Crippen LogP contribution in [-0.4, -0.2) is 46.7 Å². The highest BCUT2D eigenvalue weighted by Gasteiger charge is 2.52. The van der Waals surface area contributed by atoms with Gasteiger partial charge in [0, 0.05) is 34.8 Å². The number of benzene rings is 1. The van der Waals surface area contributed by atoms with Crippen LogP contribution >= 0.6 is 0 Å². The van der Waals surface area contributed by atoms with E-state index in [0.29, 0.717) is 16.8 Å². The largest absolute Gasteiger partial charge is 0.479 e. The Morgan fingerprint density at radius 2 is 2.03 bits per heavy atom. The Bertz CT molecular complexity index is 987. The van der Waals surface area contributed by atoms with Crippen molar-refractivity contribution in [3.05, 3.63) is 53.9 Å². The first kappa shape index (κ1) is 22.0. The normalized spacial score (nSPS) is 24.1. The lowest BCUT2D eigenvalue weighted by atomic mass is 9.81. The summed E-state index contributed by atoms with van der Waals surface area (Å²) in [4.78, 5) is 40.5. The molecule has 1 aliphatic heterocycles. The molecule has 0 unspecified atom stereocenters. The number of anilines is 1. The van der Waals surface area contributed by atoms with Crippen LogP contribution in [-0.2, 0) is 14.3 Å². The van der Waals surface area contributed by atoms with Gasteiger partial charge >= 0.3 is 12.1 Å². The highest BCUT2D eigenvalue weighted by molar-refractivity contribution is 6.08. The lowest BCUT2D eigenvalue weighted by Gasteiger charge is -2.47.